The molecule has 34 heavy (non-hydrogen) atoms. The molecule has 8 nitrogen and oxygen atoms in total. The van der Waals surface area contributed by atoms with Gasteiger partial charge >= 0.3 is 0 Å². The number of hydrogen-bond acceptors (Lipinski definition) is 7. The molecular formula is C23H20FN5O3S2. The summed E-state index contributed by atoms with van der Waals surface area (Å²) in [5, 5.41) is 10.8. The van der Waals surface area contributed by atoms with Crippen molar-refractivity contribution in [3.05, 3.63) is 76.7 Å². The van der Waals surface area contributed by atoms with Crippen LogP contribution in [0.4, 0.5) is 9.18 Å². The number of benzene rings is 2. The maximum Gasteiger partial charge on any atom is 0.293 e. The zero-order chi connectivity index (χ0) is 24.1. The van der Waals surface area contributed by atoms with Crippen LogP contribution in [-0.2, 0) is 9.59 Å². The lowest BCUT2D eigenvalue weighted by atomic mass is 10.2. The van der Waals surface area contributed by atoms with Crippen molar-refractivity contribution in [2.24, 2.45) is 0 Å². The minimum Gasteiger partial charge on any atom is -0.354 e. The standard InChI is InChI=1S/C23H20FN5O3S2/c1-15-6-8-17(9-7-15)29-14-26-27-22(29)33-13-20(30)25-10-11-28-21(31)19(34-23(28)32)12-16-4-2-3-5-18(16)24/h2-9,12,14H,10-11,13H2,1H3,(H,25,30)/b19-12-. The summed E-state index contributed by atoms with van der Waals surface area (Å²) >= 11 is 1.98. The molecule has 1 aliphatic rings. The van der Waals surface area contributed by atoms with Gasteiger partial charge in [0.25, 0.3) is 11.1 Å². The van der Waals surface area contributed by atoms with E-state index < -0.39 is 17.0 Å². The van der Waals surface area contributed by atoms with Crippen molar-refractivity contribution in [2.45, 2.75) is 12.1 Å². The van der Waals surface area contributed by atoms with Crippen LogP contribution in [0, 0.1) is 12.7 Å². The first-order chi connectivity index (χ1) is 16.4. The lowest BCUT2D eigenvalue weighted by Gasteiger charge is -2.13. The highest BCUT2D eigenvalue weighted by atomic mass is 32.2. The van der Waals surface area contributed by atoms with Crippen molar-refractivity contribution in [3.8, 4) is 5.69 Å². The van der Waals surface area contributed by atoms with Crippen molar-refractivity contribution in [1.29, 1.82) is 0 Å². The highest BCUT2D eigenvalue weighted by Gasteiger charge is 2.34. The Labute approximate surface area is 203 Å². The molecule has 0 atom stereocenters. The van der Waals surface area contributed by atoms with E-state index in [-0.39, 0.29) is 35.2 Å². The molecule has 1 fully saturated rings. The molecule has 3 amide bonds. The molecule has 4 rings (SSSR count). The lowest BCUT2D eigenvalue weighted by Crippen LogP contribution is -2.37. The van der Waals surface area contributed by atoms with Crippen LogP contribution in [0.2, 0.25) is 0 Å². The molecule has 0 saturated carbocycles. The Hall–Kier alpha value is -3.44. The van der Waals surface area contributed by atoms with Gasteiger partial charge < -0.3 is 5.32 Å². The number of nitrogens with zero attached hydrogens (tertiary/aromatic N) is 4. The zero-order valence-corrected chi connectivity index (χ0v) is 19.7. The Balaban J connectivity index is 1.27. The van der Waals surface area contributed by atoms with Gasteiger partial charge in [0, 0.05) is 24.3 Å². The Bertz CT molecular complexity index is 1260. The number of imide groups is 1. The third kappa shape index (κ3) is 5.54. The predicted molar refractivity (Wildman–Crippen MR) is 129 cm³/mol. The van der Waals surface area contributed by atoms with Crippen molar-refractivity contribution >= 4 is 46.7 Å². The highest BCUT2D eigenvalue weighted by molar-refractivity contribution is 8.18. The molecule has 174 valence electrons. The average Bonchev–Trinajstić information content (AvgIpc) is 3.39. The largest absolute Gasteiger partial charge is 0.354 e. The summed E-state index contributed by atoms with van der Waals surface area (Å²) < 4.78 is 15.6. The van der Waals surface area contributed by atoms with Crippen LogP contribution < -0.4 is 5.32 Å². The number of aromatic nitrogens is 3. The van der Waals surface area contributed by atoms with E-state index in [1.54, 1.807) is 23.0 Å². The maximum absolute atomic E-state index is 13.8. The summed E-state index contributed by atoms with van der Waals surface area (Å²) in [5.74, 6) is -1.15. The van der Waals surface area contributed by atoms with Gasteiger partial charge in [-0.1, -0.05) is 47.7 Å². The van der Waals surface area contributed by atoms with Gasteiger partial charge in [0.1, 0.15) is 12.1 Å². The van der Waals surface area contributed by atoms with Crippen LogP contribution in [0.3, 0.4) is 0 Å². The minimum atomic E-state index is -0.506. The second-order valence-corrected chi connectivity index (χ2v) is 9.25. The van der Waals surface area contributed by atoms with E-state index in [4.69, 9.17) is 0 Å². The second kappa shape index (κ2) is 10.7. The van der Waals surface area contributed by atoms with E-state index >= 15 is 0 Å². The second-order valence-electron chi connectivity index (χ2n) is 7.31. The molecule has 1 N–H and O–H groups in total. The third-order valence-corrected chi connectivity index (χ3v) is 6.73. The molecule has 11 heteroatoms. The van der Waals surface area contributed by atoms with E-state index in [1.165, 1.54) is 30.0 Å². The Kier molecular flexibility index (Phi) is 7.43. The summed E-state index contributed by atoms with van der Waals surface area (Å²) in [6.07, 6.45) is 2.94. The molecule has 3 aromatic rings. The predicted octanol–water partition coefficient (Wildman–Crippen LogP) is 3.66. The van der Waals surface area contributed by atoms with Crippen molar-refractivity contribution in [2.75, 3.05) is 18.8 Å². The number of amides is 3. The van der Waals surface area contributed by atoms with Crippen molar-refractivity contribution < 1.29 is 18.8 Å². The molecule has 0 unspecified atom stereocenters. The van der Waals surface area contributed by atoms with Crippen molar-refractivity contribution in [1.82, 2.24) is 25.0 Å². The van der Waals surface area contributed by atoms with E-state index in [1.807, 2.05) is 31.2 Å². The fourth-order valence-electron chi connectivity index (χ4n) is 3.12. The van der Waals surface area contributed by atoms with Crippen LogP contribution in [0.15, 0.2) is 64.9 Å². The molecule has 2 aromatic carbocycles. The fourth-order valence-corrected chi connectivity index (χ4v) is 4.73. The van der Waals surface area contributed by atoms with Crippen LogP contribution in [-0.4, -0.2) is 55.6 Å². The molecule has 0 bridgehead atoms. The van der Waals surface area contributed by atoms with Crippen LogP contribution in [0.25, 0.3) is 11.8 Å². The van der Waals surface area contributed by atoms with E-state index in [2.05, 4.69) is 15.5 Å². The van der Waals surface area contributed by atoms with Gasteiger partial charge in [-0.05, 0) is 43.0 Å². The molecular weight excluding hydrogens is 477 g/mol. The number of thioether (sulfide) groups is 2. The molecule has 0 radical (unpaired) electrons. The van der Waals surface area contributed by atoms with Crippen LogP contribution in [0.5, 0.6) is 0 Å². The van der Waals surface area contributed by atoms with Gasteiger partial charge in [-0.3, -0.25) is 23.9 Å². The summed E-state index contributed by atoms with van der Waals surface area (Å²) in [6.45, 7) is 2.13. The first-order valence-electron chi connectivity index (χ1n) is 10.3. The molecule has 1 aromatic heterocycles. The van der Waals surface area contributed by atoms with Crippen molar-refractivity contribution in [3.63, 3.8) is 0 Å². The molecule has 2 heterocycles. The number of carbonyl (C=O) groups is 3. The number of aryl methyl sites for hydroxylation is 1. The van der Waals surface area contributed by atoms with Gasteiger partial charge in [0.15, 0.2) is 5.16 Å². The lowest BCUT2D eigenvalue weighted by molar-refractivity contribution is -0.123. The average molecular weight is 498 g/mol. The van der Waals surface area contributed by atoms with Gasteiger partial charge in [0.2, 0.25) is 5.91 Å². The van der Waals surface area contributed by atoms with Crippen LogP contribution >= 0.6 is 23.5 Å². The minimum absolute atomic E-state index is 0.0230. The number of rotatable bonds is 8. The Morgan fingerprint density at radius 2 is 1.94 bits per heavy atom. The van der Waals surface area contributed by atoms with E-state index in [0.717, 1.165) is 27.9 Å². The highest BCUT2D eigenvalue weighted by Crippen LogP contribution is 2.32. The maximum atomic E-state index is 13.8. The van der Waals surface area contributed by atoms with E-state index in [9.17, 15) is 18.8 Å². The van der Waals surface area contributed by atoms with Gasteiger partial charge in [0.05, 0.1) is 10.7 Å². The summed E-state index contributed by atoms with van der Waals surface area (Å²) in [5.41, 5.74) is 2.26. The van der Waals surface area contributed by atoms with Gasteiger partial charge in [-0.15, -0.1) is 10.2 Å². The number of nitrogens with one attached hydrogen (secondary N) is 1. The number of halogens is 1. The SMILES string of the molecule is Cc1ccc(-n2cnnc2SCC(=O)NCCN2C(=O)S/C(=C\c3ccccc3F)C2=O)cc1. The Morgan fingerprint density at radius 3 is 2.71 bits per heavy atom. The zero-order valence-electron chi connectivity index (χ0n) is 18.1. The number of carbonyl (C=O) groups excluding carboxylic acids is 3. The van der Waals surface area contributed by atoms with Gasteiger partial charge in [-0.25, -0.2) is 4.39 Å². The first kappa shape index (κ1) is 23.7. The first-order valence-corrected chi connectivity index (χ1v) is 12.1. The molecule has 1 aliphatic heterocycles. The third-order valence-electron chi connectivity index (χ3n) is 4.88. The van der Waals surface area contributed by atoms with E-state index in [0.29, 0.717) is 5.16 Å². The topological polar surface area (TPSA) is 97.2 Å². The molecule has 0 spiro atoms. The van der Waals surface area contributed by atoms with Crippen LogP contribution in [0.1, 0.15) is 11.1 Å². The summed E-state index contributed by atoms with van der Waals surface area (Å²) in [6, 6.07) is 13.9. The molecule has 1 saturated heterocycles. The Morgan fingerprint density at radius 1 is 1.18 bits per heavy atom. The monoisotopic (exact) mass is 497 g/mol. The number of hydrogen-bond donors (Lipinski definition) is 1. The molecule has 0 aliphatic carbocycles. The summed E-state index contributed by atoms with van der Waals surface area (Å²) in [4.78, 5) is 38.2. The summed E-state index contributed by atoms with van der Waals surface area (Å²) in [7, 11) is 0. The smallest absolute Gasteiger partial charge is 0.293 e. The fraction of sp³-hybridized carbons (Fsp3) is 0.174. The normalized spacial score (nSPS) is 14.8. The quantitative estimate of drug-likeness (QED) is 0.375. The van der Waals surface area contributed by atoms with Gasteiger partial charge in [-0.2, -0.15) is 0 Å².